The fraction of sp³-hybridized carbons (Fsp3) is 0.111. The molecule has 2 aromatic heterocycles. The van der Waals surface area contributed by atoms with Crippen molar-refractivity contribution in [1.82, 2.24) is 19.8 Å². The van der Waals surface area contributed by atoms with Crippen LogP contribution in [-0.4, -0.2) is 38.0 Å². The second-order valence-corrected chi connectivity index (χ2v) is 10.2. The largest absolute Gasteiger partial charge is 0.493 e. The van der Waals surface area contributed by atoms with Crippen LogP contribution >= 0.6 is 23.1 Å². The van der Waals surface area contributed by atoms with Crippen molar-refractivity contribution in [2.45, 2.75) is 11.3 Å². The van der Waals surface area contributed by atoms with Crippen LogP contribution in [0.15, 0.2) is 83.2 Å². The van der Waals surface area contributed by atoms with E-state index in [1.165, 1.54) is 35.1 Å². The van der Waals surface area contributed by atoms with Crippen molar-refractivity contribution < 1.29 is 13.9 Å². The lowest BCUT2D eigenvalue weighted by Crippen LogP contribution is -2.01. The molecule has 6 nitrogen and oxygen atoms in total. The average molecular weight is 517 g/mol. The summed E-state index contributed by atoms with van der Waals surface area (Å²) in [6.07, 6.45) is 3.14. The molecule has 0 atom stereocenters. The van der Waals surface area contributed by atoms with Gasteiger partial charge in [-0.15, -0.1) is 15.3 Å². The van der Waals surface area contributed by atoms with Gasteiger partial charge in [0.2, 0.25) is 4.96 Å². The number of carbonyl (C=O) groups is 1. The fourth-order valence-electron chi connectivity index (χ4n) is 3.39. The lowest BCUT2D eigenvalue weighted by molar-refractivity contribution is 0.104. The van der Waals surface area contributed by atoms with E-state index in [1.807, 2.05) is 31.2 Å². The van der Waals surface area contributed by atoms with Crippen molar-refractivity contribution in [3.05, 3.63) is 101 Å². The number of aromatic nitrogens is 4. The number of aryl methyl sites for hydroxylation is 1. The van der Waals surface area contributed by atoms with Gasteiger partial charge in [0.25, 0.3) is 0 Å². The number of nitrogens with zero attached hydrogens (tertiary/aromatic N) is 4. The molecular formula is C27H21FN4O2S2. The highest BCUT2D eigenvalue weighted by Gasteiger charge is 2.13. The second kappa shape index (κ2) is 10.8. The summed E-state index contributed by atoms with van der Waals surface area (Å²) in [5.41, 5.74) is 3.48. The summed E-state index contributed by atoms with van der Waals surface area (Å²) in [4.78, 5) is 13.1. The monoisotopic (exact) mass is 516 g/mol. The molecule has 3 aromatic carbocycles. The van der Waals surface area contributed by atoms with Gasteiger partial charge in [0, 0.05) is 16.9 Å². The Kier molecular flexibility index (Phi) is 7.20. The Morgan fingerprint density at radius 2 is 1.78 bits per heavy atom. The van der Waals surface area contributed by atoms with Crippen LogP contribution in [0.25, 0.3) is 22.4 Å². The summed E-state index contributed by atoms with van der Waals surface area (Å²) in [5.74, 6) is 1.69. The Hall–Kier alpha value is -3.82. The summed E-state index contributed by atoms with van der Waals surface area (Å²) in [7, 11) is 0. The van der Waals surface area contributed by atoms with Gasteiger partial charge >= 0.3 is 0 Å². The molecule has 180 valence electrons. The zero-order valence-corrected chi connectivity index (χ0v) is 20.9. The zero-order valence-electron chi connectivity index (χ0n) is 19.3. The molecule has 0 saturated carbocycles. The van der Waals surface area contributed by atoms with Gasteiger partial charge in [0.15, 0.2) is 15.9 Å². The van der Waals surface area contributed by atoms with Crippen molar-refractivity contribution in [3.8, 4) is 17.1 Å². The third-order valence-electron chi connectivity index (χ3n) is 5.30. The second-order valence-electron chi connectivity index (χ2n) is 7.92. The molecule has 5 aromatic rings. The topological polar surface area (TPSA) is 69.4 Å². The molecule has 9 heteroatoms. The van der Waals surface area contributed by atoms with Crippen molar-refractivity contribution in [1.29, 1.82) is 0 Å². The van der Waals surface area contributed by atoms with Gasteiger partial charge in [0.05, 0.1) is 6.61 Å². The maximum absolute atomic E-state index is 13.0. The standard InChI is InChI=1S/C27H21FN4O2S2/c1-18-2-7-21(8-3-18)25-29-30-26-32(25)31-27(36-26)35-17-16-34-23-13-9-20(10-14-23)24(33)15-6-19-4-11-22(28)12-5-19/h2-15H,16-17H2,1H3/b15-6+. The van der Waals surface area contributed by atoms with Crippen LogP contribution in [0.5, 0.6) is 5.75 Å². The quantitative estimate of drug-likeness (QED) is 0.0982. The lowest BCUT2D eigenvalue weighted by atomic mass is 10.1. The SMILES string of the molecule is Cc1ccc(-c2nnc3sc(SCCOc4ccc(C(=O)/C=C/c5ccc(F)cc5)cc4)nn23)cc1. The molecule has 0 fully saturated rings. The summed E-state index contributed by atoms with van der Waals surface area (Å²) < 4.78 is 21.5. The van der Waals surface area contributed by atoms with Gasteiger partial charge < -0.3 is 4.74 Å². The third-order valence-corrected chi connectivity index (χ3v) is 7.29. The van der Waals surface area contributed by atoms with Crippen molar-refractivity contribution >= 4 is 39.9 Å². The zero-order chi connectivity index (χ0) is 24.9. The molecule has 0 aliphatic carbocycles. The first-order valence-corrected chi connectivity index (χ1v) is 13.0. The Balaban J connectivity index is 1.12. The van der Waals surface area contributed by atoms with E-state index in [0.717, 1.165) is 26.3 Å². The van der Waals surface area contributed by atoms with E-state index in [4.69, 9.17) is 4.74 Å². The predicted molar refractivity (Wildman–Crippen MR) is 141 cm³/mol. The minimum Gasteiger partial charge on any atom is -0.493 e. The van der Waals surface area contributed by atoms with E-state index in [9.17, 15) is 9.18 Å². The van der Waals surface area contributed by atoms with E-state index in [2.05, 4.69) is 15.3 Å². The van der Waals surface area contributed by atoms with Crippen LogP contribution in [0.1, 0.15) is 21.5 Å². The molecule has 36 heavy (non-hydrogen) atoms. The maximum Gasteiger partial charge on any atom is 0.235 e. The molecule has 0 N–H and O–H groups in total. The first kappa shape index (κ1) is 23.9. The van der Waals surface area contributed by atoms with Gasteiger partial charge in [-0.1, -0.05) is 71.1 Å². The lowest BCUT2D eigenvalue weighted by Gasteiger charge is -2.05. The molecule has 0 radical (unpaired) electrons. The van der Waals surface area contributed by atoms with E-state index in [0.29, 0.717) is 23.7 Å². The van der Waals surface area contributed by atoms with E-state index < -0.39 is 0 Å². The minimum atomic E-state index is -0.307. The molecule has 0 aliphatic rings. The highest BCUT2D eigenvalue weighted by atomic mass is 32.2. The number of rotatable bonds is 9. The number of thioether (sulfide) groups is 1. The van der Waals surface area contributed by atoms with Gasteiger partial charge in [-0.25, -0.2) is 4.39 Å². The number of allylic oxidation sites excluding steroid dienone is 1. The molecule has 0 amide bonds. The molecule has 2 heterocycles. The van der Waals surface area contributed by atoms with Crippen molar-refractivity contribution in [2.75, 3.05) is 12.4 Å². The van der Waals surface area contributed by atoms with Gasteiger partial charge in [-0.2, -0.15) is 4.52 Å². The van der Waals surface area contributed by atoms with Gasteiger partial charge in [-0.3, -0.25) is 4.79 Å². The number of benzene rings is 3. The van der Waals surface area contributed by atoms with Gasteiger partial charge in [-0.05, 0) is 55.0 Å². The van der Waals surface area contributed by atoms with Crippen molar-refractivity contribution in [2.24, 2.45) is 0 Å². The summed E-state index contributed by atoms with van der Waals surface area (Å²) in [5, 5.41) is 13.2. The summed E-state index contributed by atoms with van der Waals surface area (Å²) in [6, 6.07) is 21.1. The Morgan fingerprint density at radius 3 is 2.53 bits per heavy atom. The van der Waals surface area contributed by atoms with Crippen LogP contribution in [-0.2, 0) is 0 Å². The fourth-order valence-corrected chi connectivity index (χ4v) is 5.15. The van der Waals surface area contributed by atoms with Crippen LogP contribution in [0.3, 0.4) is 0 Å². The van der Waals surface area contributed by atoms with Crippen LogP contribution in [0.2, 0.25) is 0 Å². The highest BCUT2D eigenvalue weighted by molar-refractivity contribution is 8.01. The smallest absolute Gasteiger partial charge is 0.235 e. The molecular weight excluding hydrogens is 495 g/mol. The third kappa shape index (κ3) is 5.69. The number of fused-ring (bicyclic) bond motifs is 1. The number of halogens is 1. The number of hydrogen-bond donors (Lipinski definition) is 0. The Bertz CT molecular complexity index is 1510. The minimum absolute atomic E-state index is 0.130. The van der Waals surface area contributed by atoms with Crippen LogP contribution < -0.4 is 4.74 Å². The van der Waals surface area contributed by atoms with E-state index in [-0.39, 0.29) is 11.6 Å². The van der Waals surface area contributed by atoms with E-state index >= 15 is 0 Å². The first-order valence-electron chi connectivity index (χ1n) is 11.2. The normalized spacial score (nSPS) is 11.4. The predicted octanol–water partition coefficient (Wildman–Crippen LogP) is 6.37. The number of ether oxygens (including phenoxy) is 1. The molecule has 0 spiro atoms. The van der Waals surface area contributed by atoms with Crippen molar-refractivity contribution in [3.63, 3.8) is 0 Å². The number of ketones is 1. The summed E-state index contributed by atoms with van der Waals surface area (Å²) in [6.45, 7) is 2.54. The summed E-state index contributed by atoms with van der Waals surface area (Å²) >= 11 is 3.09. The first-order chi connectivity index (χ1) is 17.5. The van der Waals surface area contributed by atoms with Crippen LogP contribution in [0, 0.1) is 12.7 Å². The number of carbonyl (C=O) groups excluding carboxylic acids is 1. The highest BCUT2D eigenvalue weighted by Crippen LogP contribution is 2.27. The Labute approximate surface area is 215 Å². The van der Waals surface area contributed by atoms with Gasteiger partial charge in [0.1, 0.15) is 11.6 Å². The molecule has 0 saturated heterocycles. The molecule has 0 unspecified atom stereocenters. The maximum atomic E-state index is 13.0. The Morgan fingerprint density at radius 1 is 1.03 bits per heavy atom. The number of hydrogen-bond acceptors (Lipinski definition) is 7. The molecule has 0 aliphatic heterocycles. The van der Waals surface area contributed by atoms with Crippen LogP contribution in [0.4, 0.5) is 4.39 Å². The molecule has 0 bridgehead atoms. The van der Waals surface area contributed by atoms with E-state index in [1.54, 1.807) is 58.8 Å². The average Bonchev–Trinajstić information content (AvgIpc) is 3.48. The molecule has 5 rings (SSSR count).